The third-order valence-corrected chi connectivity index (χ3v) is 8.84. The van der Waals surface area contributed by atoms with Crippen molar-refractivity contribution in [3.05, 3.63) is 23.8 Å². The predicted molar refractivity (Wildman–Crippen MR) is 131 cm³/mol. The Morgan fingerprint density at radius 2 is 1.79 bits per heavy atom. The van der Waals surface area contributed by atoms with E-state index in [4.69, 9.17) is 9.47 Å². The van der Waals surface area contributed by atoms with Gasteiger partial charge in [-0.05, 0) is 57.0 Å². The van der Waals surface area contributed by atoms with Gasteiger partial charge in [-0.3, -0.25) is 4.90 Å². The molecule has 0 aliphatic carbocycles. The Balaban J connectivity index is 1.90. The average molecular weight is 497 g/mol. The summed E-state index contributed by atoms with van der Waals surface area (Å²) in [7, 11) is -4.79. The number of likely N-dealkylation sites (tertiary alicyclic amines) is 1. The number of hydrogen-bond acceptors (Lipinski definition) is 6. The lowest BCUT2D eigenvalue weighted by Gasteiger charge is -2.27. The lowest BCUT2D eigenvalue weighted by atomic mass is 9.81. The maximum absolute atomic E-state index is 13.0. The summed E-state index contributed by atoms with van der Waals surface area (Å²) in [6.07, 6.45) is 0.927. The normalized spacial score (nSPS) is 20.8. The molecule has 1 fully saturated rings. The minimum Gasteiger partial charge on any atom is -0.449 e. The van der Waals surface area contributed by atoms with Crippen molar-refractivity contribution in [1.82, 2.24) is 4.90 Å². The number of fused-ring (bicyclic) bond motifs is 2. The first kappa shape index (κ1) is 25.5. The number of carbonyl (C=O) groups is 2. The minimum atomic E-state index is -3.43. The van der Waals surface area contributed by atoms with E-state index in [1.54, 1.807) is 21.9 Å². The van der Waals surface area contributed by atoms with Gasteiger partial charge in [0.15, 0.2) is 9.84 Å². The summed E-state index contributed by atoms with van der Waals surface area (Å²) in [6, 6.07) is 5.72. The molecule has 33 heavy (non-hydrogen) atoms. The smallest absolute Gasteiger partial charge is 0.414 e. The van der Waals surface area contributed by atoms with Gasteiger partial charge in [-0.25, -0.2) is 18.0 Å². The summed E-state index contributed by atoms with van der Waals surface area (Å²) < 4.78 is 35.6. The second-order valence-corrected chi connectivity index (χ2v) is 19.0. The molecule has 0 saturated carbocycles. The average Bonchev–Trinajstić information content (AvgIpc) is 3.21. The van der Waals surface area contributed by atoms with Crippen LogP contribution in [0.15, 0.2) is 23.1 Å². The molecular formula is C23H36N2O6SSi. The number of sulfone groups is 1. The van der Waals surface area contributed by atoms with Gasteiger partial charge in [-0.15, -0.1) is 0 Å². The molecule has 1 aromatic carbocycles. The van der Waals surface area contributed by atoms with Crippen LogP contribution in [-0.2, 0) is 24.7 Å². The van der Waals surface area contributed by atoms with E-state index in [9.17, 15) is 18.0 Å². The summed E-state index contributed by atoms with van der Waals surface area (Å²) in [4.78, 5) is 29.1. The highest BCUT2D eigenvalue weighted by Crippen LogP contribution is 2.47. The third kappa shape index (κ3) is 5.89. The highest BCUT2D eigenvalue weighted by Gasteiger charge is 2.51. The molecule has 0 bridgehead atoms. The van der Waals surface area contributed by atoms with Gasteiger partial charge < -0.3 is 14.4 Å². The van der Waals surface area contributed by atoms with E-state index in [2.05, 4.69) is 19.6 Å². The quantitative estimate of drug-likeness (QED) is 0.578. The van der Waals surface area contributed by atoms with Crippen molar-refractivity contribution >= 4 is 35.8 Å². The fourth-order valence-corrected chi connectivity index (χ4v) is 5.63. The first-order chi connectivity index (χ1) is 15.0. The fourth-order valence-electron chi connectivity index (χ4n) is 4.27. The third-order valence-electron chi connectivity index (χ3n) is 6.02. The van der Waals surface area contributed by atoms with Crippen LogP contribution in [0.5, 0.6) is 0 Å². The monoisotopic (exact) mass is 496 g/mol. The maximum Gasteiger partial charge on any atom is 0.414 e. The summed E-state index contributed by atoms with van der Waals surface area (Å²) in [5, 5.41) is 0. The van der Waals surface area contributed by atoms with Gasteiger partial charge in [-0.1, -0.05) is 19.6 Å². The van der Waals surface area contributed by atoms with Crippen LogP contribution < -0.4 is 4.90 Å². The van der Waals surface area contributed by atoms with Crippen LogP contribution in [0, 0.1) is 0 Å². The lowest BCUT2D eigenvalue weighted by Crippen LogP contribution is -2.41. The molecule has 8 nitrogen and oxygen atoms in total. The van der Waals surface area contributed by atoms with Gasteiger partial charge in [0.1, 0.15) is 5.60 Å². The van der Waals surface area contributed by atoms with E-state index in [0.717, 1.165) is 11.6 Å². The van der Waals surface area contributed by atoms with Crippen LogP contribution in [0.1, 0.15) is 32.8 Å². The predicted octanol–water partition coefficient (Wildman–Crippen LogP) is 4.26. The lowest BCUT2D eigenvalue weighted by molar-refractivity contribution is 0.0285. The Morgan fingerprint density at radius 3 is 2.36 bits per heavy atom. The highest BCUT2D eigenvalue weighted by molar-refractivity contribution is 7.90. The van der Waals surface area contributed by atoms with E-state index in [1.165, 1.54) is 12.3 Å². The molecule has 1 atom stereocenters. The molecule has 2 aliphatic heterocycles. The molecule has 2 heterocycles. The molecule has 2 aliphatic rings. The summed E-state index contributed by atoms with van der Waals surface area (Å²) in [5.41, 5.74) is 0.228. The van der Waals surface area contributed by atoms with Gasteiger partial charge in [0.2, 0.25) is 0 Å². The van der Waals surface area contributed by atoms with Crippen LogP contribution in [0.4, 0.5) is 15.3 Å². The van der Waals surface area contributed by atoms with E-state index >= 15 is 0 Å². The second kappa shape index (κ2) is 8.61. The summed E-state index contributed by atoms with van der Waals surface area (Å²) in [6.45, 7) is 13.6. The molecular weight excluding hydrogens is 460 g/mol. The van der Waals surface area contributed by atoms with Crippen molar-refractivity contribution in [3.8, 4) is 0 Å². The van der Waals surface area contributed by atoms with Crippen LogP contribution in [0.3, 0.4) is 0 Å². The molecule has 3 rings (SSSR count). The van der Waals surface area contributed by atoms with E-state index in [0.29, 0.717) is 38.3 Å². The second-order valence-electron chi connectivity index (χ2n) is 11.4. The van der Waals surface area contributed by atoms with Crippen molar-refractivity contribution < 1.29 is 27.5 Å². The van der Waals surface area contributed by atoms with Crippen molar-refractivity contribution in [1.29, 1.82) is 0 Å². The van der Waals surface area contributed by atoms with Gasteiger partial charge in [0, 0.05) is 39.4 Å². The summed E-state index contributed by atoms with van der Waals surface area (Å²) in [5.74, 6) is 0. The molecule has 0 aromatic heterocycles. The summed E-state index contributed by atoms with van der Waals surface area (Å²) >= 11 is 0. The van der Waals surface area contributed by atoms with E-state index in [1.807, 2.05) is 20.8 Å². The molecule has 10 heteroatoms. The molecule has 1 spiro atoms. The van der Waals surface area contributed by atoms with Crippen molar-refractivity contribution in [2.45, 2.75) is 68.8 Å². The van der Waals surface area contributed by atoms with Crippen LogP contribution in [0.25, 0.3) is 0 Å². The largest absolute Gasteiger partial charge is 0.449 e. The topological polar surface area (TPSA) is 93.2 Å². The fraction of sp³-hybridized carbons (Fsp3) is 0.652. The van der Waals surface area contributed by atoms with Gasteiger partial charge in [0.05, 0.1) is 17.2 Å². The molecule has 184 valence electrons. The first-order valence-corrected chi connectivity index (χ1v) is 16.9. The van der Waals surface area contributed by atoms with Gasteiger partial charge in [-0.2, -0.15) is 0 Å². The molecule has 0 N–H and O–H groups in total. The Morgan fingerprint density at radius 1 is 1.12 bits per heavy atom. The molecule has 1 aromatic rings. The number of nitrogens with zero attached hydrogens (tertiary/aromatic N) is 2. The number of carbonyl (C=O) groups excluding carboxylic acids is 2. The standard InChI is InChI=1S/C23H36N2O6SSi/c1-22(2,3)31-20(26)24-11-10-23(15-24)16-25(21(27)30-12-13-33(5,6)7)19-9-8-17(14-18(19)23)32(4,28)29/h8-9,14H,10-13,15-16H2,1-7H3. The molecule has 0 radical (unpaired) electrons. The van der Waals surface area contributed by atoms with Crippen LogP contribution >= 0.6 is 0 Å². The number of amides is 2. The van der Waals surface area contributed by atoms with Gasteiger partial charge in [0.25, 0.3) is 0 Å². The SMILES string of the molecule is CC(C)(C)OC(=O)N1CCC2(C1)CN(C(=O)OCC[Si](C)(C)C)c1ccc(S(C)(=O)=O)cc12. The molecule has 1 saturated heterocycles. The maximum atomic E-state index is 13.0. The molecule has 2 amide bonds. The number of hydrogen-bond donors (Lipinski definition) is 0. The van der Waals surface area contributed by atoms with Crippen molar-refractivity contribution in [3.63, 3.8) is 0 Å². The molecule has 1 unspecified atom stereocenters. The van der Waals surface area contributed by atoms with Crippen molar-refractivity contribution in [2.24, 2.45) is 0 Å². The zero-order valence-electron chi connectivity index (χ0n) is 20.7. The number of benzene rings is 1. The van der Waals surface area contributed by atoms with Crippen molar-refractivity contribution in [2.75, 3.05) is 37.4 Å². The van der Waals surface area contributed by atoms with Gasteiger partial charge >= 0.3 is 12.2 Å². The first-order valence-electron chi connectivity index (χ1n) is 11.3. The van der Waals surface area contributed by atoms with E-state index in [-0.39, 0.29) is 4.90 Å². The minimum absolute atomic E-state index is 0.199. The zero-order chi connectivity index (χ0) is 24.8. The number of rotatable bonds is 4. The Hall–Kier alpha value is -2.07. The Labute approximate surface area is 198 Å². The Kier molecular flexibility index (Phi) is 6.67. The van der Waals surface area contributed by atoms with Crippen LogP contribution in [-0.4, -0.2) is 71.7 Å². The van der Waals surface area contributed by atoms with Crippen LogP contribution in [0.2, 0.25) is 25.7 Å². The van der Waals surface area contributed by atoms with E-state index < -0.39 is 41.1 Å². The number of anilines is 1. The zero-order valence-corrected chi connectivity index (χ0v) is 22.5. The Bertz CT molecular complexity index is 1040. The highest BCUT2D eigenvalue weighted by atomic mass is 32.2. The number of ether oxygens (including phenoxy) is 2.